The lowest BCUT2D eigenvalue weighted by Gasteiger charge is -2.15. The molecule has 0 fully saturated rings. The summed E-state index contributed by atoms with van der Waals surface area (Å²) in [5, 5.41) is 0. The maximum atomic E-state index is 11.6. The van der Waals surface area contributed by atoms with Crippen LogP contribution < -0.4 is 4.72 Å². The Morgan fingerprint density at radius 2 is 2.00 bits per heavy atom. The first-order valence-corrected chi connectivity index (χ1v) is 6.63. The van der Waals surface area contributed by atoms with E-state index in [4.69, 9.17) is 0 Å². The molecule has 1 N–H and O–H groups in total. The largest absolute Gasteiger partial charge is 0.301 e. The Kier molecular flexibility index (Phi) is 4.25. The van der Waals surface area contributed by atoms with Gasteiger partial charge in [0.1, 0.15) is 0 Å². The predicted octanol–water partition coefficient (Wildman–Crippen LogP) is 1.28. The quantitative estimate of drug-likeness (QED) is 0.807. The molecule has 0 saturated heterocycles. The standard InChI is InChI=1S/C11H16N2O3S/c1-4-9-5-6-11(10(7-9)8-14)12-17(15,16)13(2)3/h5-8,12H,4H2,1-3H3. The molecule has 0 heterocycles. The van der Waals surface area contributed by atoms with Crippen molar-refractivity contribution in [1.29, 1.82) is 0 Å². The van der Waals surface area contributed by atoms with Crippen LogP contribution in [-0.4, -0.2) is 33.1 Å². The van der Waals surface area contributed by atoms with E-state index in [1.807, 2.05) is 6.92 Å². The molecule has 6 heteroatoms. The maximum Gasteiger partial charge on any atom is 0.301 e. The molecule has 0 aromatic heterocycles. The van der Waals surface area contributed by atoms with Crippen molar-refractivity contribution in [2.75, 3.05) is 18.8 Å². The van der Waals surface area contributed by atoms with E-state index in [-0.39, 0.29) is 0 Å². The van der Waals surface area contributed by atoms with Gasteiger partial charge < -0.3 is 0 Å². The van der Waals surface area contributed by atoms with Crippen molar-refractivity contribution in [3.05, 3.63) is 29.3 Å². The molecule has 0 unspecified atom stereocenters. The van der Waals surface area contributed by atoms with E-state index in [1.165, 1.54) is 14.1 Å². The van der Waals surface area contributed by atoms with E-state index in [1.54, 1.807) is 18.2 Å². The van der Waals surface area contributed by atoms with E-state index in [0.717, 1.165) is 16.3 Å². The zero-order valence-corrected chi connectivity index (χ0v) is 10.9. The summed E-state index contributed by atoms with van der Waals surface area (Å²) in [7, 11) is -0.739. The van der Waals surface area contributed by atoms with Gasteiger partial charge >= 0.3 is 10.2 Å². The molecule has 0 bridgehead atoms. The zero-order chi connectivity index (χ0) is 13.1. The van der Waals surface area contributed by atoms with Crippen LogP contribution >= 0.6 is 0 Å². The van der Waals surface area contributed by atoms with Gasteiger partial charge in [-0.1, -0.05) is 13.0 Å². The van der Waals surface area contributed by atoms with E-state index < -0.39 is 10.2 Å². The van der Waals surface area contributed by atoms with Gasteiger partial charge in [-0.2, -0.15) is 12.7 Å². The highest BCUT2D eigenvalue weighted by molar-refractivity contribution is 7.90. The molecule has 1 aromatic carbocycles. The molecule has 1 aromatic rings. The molecule has 5 nitrogen and oxygen atoms in total. The summed E-state index contributed by atoms with van der Waals surface area (Å²) in [5.74, 6) is 0. The van der Waals surface area contributed by atoms with Gasteiger partial charge in [-0.25, -0.2) is 0 Å². The van der Waals surface area contributed by atoms with Gasteiger partial charge in [0.05, 0.1) is 5.69 Å². The smallest absolute Gasteiger partial charge is 0.298 e. The number of aryl methyl sites for hydroxylation is 1. The highest BCUT2D eigenvalue weighted by Crippen LogP contribution is 2.18. The van der Waals surface area contributed by atoms with Gasteiger partial charge in [0.2, 0.25) is 0 Å². The minimum atomic E-state index is -3.58. The fourth-order valence-electron chi connectivity index (χ4n) is 1.25. The molecular formula is C11H16N2O3S. The number of carbonyl (C=O) groups excluding carboxylic acids is 1. The average molecular weight is 256 g/mol. The minimum absolute atomic E-state index is 0.297. The highest BCUT2D eigenvalue weighted by atomic mass is 32.2. The molecule has 0 amide bonds. The number of anilines is 1. The van der Waals surface area contributed by atoms with Crippen molar-refractivity contribution in [3.63, 3.8) is 0 Å². The Morgan fingerprint density at radius 3 is 2.47 bits per heavy atom. The molecule has 1 rings (SSSR count). The Bertz CT molecular complexity index is 509. The number of hydrogen-bond acceptors (Lipinski definition) is 3. The van der Waals surface area contributed by atoms with Crippen molar-refractivity contribution in [2.24, 2.45) is 0 Å². The van der Waals surface area contributed by atoms with Gasteiger partial charge in [-0.3, -0.25) is 9.52 Å². The monoisotopic (exact) mass is 256 g/mol. The Labute approximate surface area is 102 Å². The summed E-state index contributed by atoms with van der Waals surface area (Å²) >= 11 is 0. The number of benzene rings is 1. The summed E-state index contributed by atoms with van der Waals surface area (Å²) in [6.07, 6.45) is 1.44. The van der Waals surface area contributed by atoms with Crippen molar-refractivity contribution in [1.82, 2.24) is 4.31 Å². The van der Waals surface area contributed by atoms with Crippen LogP contribution in [0, 0.1) is 0 Å². The van der Waals surface area contributed by atoms with Gasteiger partial charge in [-0.05, 0) is 24.1 Å². The Hall–Kier alpha value is -1.40. The third-order valence-electron chi connectivity index (χ3n) is 2.37. The van der Waals surface area contributed by atoms with Crippen molar-refractivity contribution < 1.29 is 13.2 Å². The van der Waals surface area contributed by atoms with Gasteiger partial charge in [0.25, 0.3) is 0 Å². The van der Waals surface area contributed by atoms with Gasteiger partial charge in [0, 0.05) is 19.7 Å². The predicted molar refractivity (Wildman–Crippen MR) is 67.4 cm³/mol. The van der Waals surface area contributed by atoms with Crippen LogP contribution in [0.5, 0.6) is 0 Å². The first kappa shape index (κ1) is 13.7. The average Bonchev–Trinajstić information content (AvgIpc) is 2.29. The lowest BCUT2D eigenvalue weighted by atomic mass is 10.1. The van der Waals surface area contributed by atoms with Gasteiger partial charge in [-0.15, -0.1) is 0 Å². The highest BCUT2D eigenvalue weighted by Gasteiger charge is 2.15. The summed E-state index contributed by atoms with van der Waals surface area (Å²) in [4.78, 5) is 10.9. The second-order valence-electron chi connectivity index (χ2n) is 3.78. The second-order valence-corrected chi connectivity index (χ2v) is 5.67. The van der Waals surface area contributed by atoms with Crippen LogP contribution in [0.15, 0.2) is 18.2 Å². The fourth-order valence-corrected chi connectivity index (χ4v) is 1.90. The molecule has 94 valence electrons. The summed E-state index contributed by atoms with van der Waals surface area (Å²) in [6, 6.07) is 5.07. The summed E-state index contributed by atoms with van der Waals surface area (Å²) in [6.45, 7) is 1.97. The number of carbonyl (C=O) groups is 1. The summed E-state index contributed by atoms with van der Waals surface area (Å²) in [5.41, 5.74) is 1.63. The first-order valence-electron chi connectivity index (χ1n) is 5.19. The second kappa shape index (κ2) is 5.29. The van der Waals surface area contributed by atoms with Crippen LogP contribution in [0.1, 0.15) is 22.8 Å². The third kappa shape index (κ3) is 3.28. The van der Waals surface area contributed by atoms with E-state index in [9.17, 15) is 13.2 Å². The number of rotatable bonds is 5. The molecule has 17 heavy (non-hydrogen) atoms. The number of hydrogen-bond donors (Lipinski definition) is 1. The van der Waals surface area contributed by atoms with Crippen LogP contribution in [0.4, 0.5) is 5.69 Å². The topological polar surface area (TPSA) is 66.5 Å². The van der Waals surface area contributed by atoms with Crippen LogP contribution in [0.2, 0.25) is 0 Å². The number of nitrogens with one attached hydrogen (secondary N) is 1. The fraction of sp³-hybridized carbons (Fsp3) is 0.364. The van der Waals surface area contributed by atoms with E-state index in [0.29, 0.717) is 17.5 Å². The minimum Gasteiger partial charge on any atom is -0.298 e. The molecule has 0 aliphatic rings. The lowest BCUT2D eigenvalue weighted by molar-refractivity contribution is 0.112. The zero-order valence-electron chi connectivity index (χ0n) is 10.1. The SMILES string of the molecule is CCc1ccc(NS(=O)(=O)N(C)C)c(C=O)c1. The lowest BCUT2D eigenvalue weighted by Crippen LogP contribution is -2.29. The normalized spacial score (nSPS) is 11.5. The molecule has 0 aliphatic carbocycles. The van der Waals surface area contributed by atoms with Crippen molar-refractivity contribution in [3.8, 4) is 0 Å². The van der Waals surface area contributed by atoms with E-state index >= 15 is 0 Å². The van der Waals surface area contributed by atoms with Crippen molar-refractivity contribution >= 4 is 22.2 Å². The van der Waals surface area contributed by atoms with Crippen molar-refractivity contribution in [2.45, 2.75) is 13.3 Å². The van der Waals surface area contributed by atoms with E-state index in [2.05, 4.69) is 4.72 Å². The summed E-state index contributed by atoms with van der Waals surface area (Å²) < 4.78 is 26.6. The Balaban J connectivity index is 3.11. The van der Waals surface area contributed by atoms with Crippen LogP contribution in [-0.2, 0) is 16.6 Å². The van der Waals surface area contributed by atoms with Crippen LogP contribution in [0.25, 0.3) is 0 Å². The molecule has 0 atom stereocenters. The number of aldehydes is 1. The molecular weight excluding hydrogens is 240 g/mol. The number of nitrogens with zero attached hydrogens (tertiary/aromatic N) is 1. The molecule has 0 aliphatic heterocycles. The maximum absolute atomic E-state index is 11.6. The van der Waals surface area contributed by atoms with Gasteiger partial charge in [0.15, 0.2) is 6.29 Å². The molecule has 0 saturated carbocycles. The third-order valence-corrected chi connectivity index (χ3v) is 3.81. The van der Waals surface area contributed by atoms with Crippen LogP contribution in [0.3, 0.4) is 0 Å². The molecule has 0 radical (unpaired) electrons. The first-order chi connectivity index (χ1) is 7.90. The molecule has 0 spiro atoms. The Morgan fingerprint density at radius 1 is 1.35 bits per heavy atom.